The lowest BCUT2D eigenvalue weighted by molar-refractivity contribution is -0.133. The summed E-state index contributed by atoms with van der Waals surface area (Å²) in [5.74, 6) is 0.255. The van der Waals surface area contributed by atoms with Crippen LogP contribution in [0.15, 0.2) is 0 Å². The molecule has 1 rings (SSSR count). The first-order valence-corrected chi connectivity index (χ1v) is 7.14. The molecule has 0 radical (unpaired) electrons. The van der Waals surface area contributed by atoms with Crippen molar-refractivity contribution in [2.24, 2.45) is 5.73 Å². The number of hydrogen-bond donors (Lipinski definition) is 2. The minimum atomic E-state index is 0.0739. The molecule has 19 heavy (non-hydrogen) atoms. The van der Waals surface area contributed by atoms with Gasteiger partial charge in [-0.3, -0.25) is 14.5 Å². The summed E-state index contributed by atoms with van der Waals surface area (Å²) in [7, 11) is 0. The average Bonchev–Trinajstić information content (AvgIpc) is 2.43. The second-order valence-electron chi connectivity index (χ2n) is 4.90. The van der Waals surface area contributed by atoms with Crippen LogP contribution in [0.4, 0.5) is 0 Å². The number of piperazine rings is 1. The number of nitrogens with zero attached hydrogens (tertiary/aromatic N) is 2. The Morgan fingerprint density at radius 2 is 1.89 bits per heavy atom. The lowest BCUT2D eigenvalue weighted by Gasteiger charge is -2.34. The lowest BCUT2D eigenvalue weighted by atomic mass is 10.2. The molecule has 0 spiro atoms. The van der Waals surface area contributed by atoms with Crippen LogP contribution in [0.5, 0.6) is 0 Å². The van der Waals surface area contributed by atoms with Crippen LogP contribution in [-0.4, -0.2) is 67.4 Å². The van der Waals surface area contributed by atoms with E-state index in [1.165, 1.54) is 0 Å². The second-order valence-corrected chi connectivity index (χ2v) is 4.90. The maximum atomic E-state index is 11.8. The van der Waals surface area contributed by atoms with Crippen LogP contribution in [0.1, 0.15) is 26.2 Å². The Morgan fingerprint density at radius 3 is 2.47 bits per heavy atom. The van der Waals surface area contributed by atoms with Crippen molar-refractivity contribution < 1.29 is 9.59 Å². The van der Waals surface area contributed by atoms with Crippen LogP contribution >= 0.6 is 0 Å². The number of carbonyl (C=O) groups is 2. The van der Waals surface area contributed by atoms with Crippen molar-refractivity contribution in [1.82, 2.24) is 15.1 Å². The molecular weight excluding hydrogens is 244 g/mol. The standard InChI is InChI=1S/C13H26N4O2/c1-2-6-15-12(18)11-16-7-9-17(10-8-16)13(19)4-3-5-14/h2-11,14H2,1H3,(H,15,18). The Kier molecular flexibility index (Phi) is 7.43. The van der Waals surface area contributed by atoms with Crippen LogP contribution in [0.25, 0.3) is 0 Å². The Labute approximate surface area is 115 Å². The topological polar surface area (TPSA) is 78.7 Å². The quantitative estimate of drug-likeness (QED) is 0.647. The smallest absolute Gasteiger partial charge is 0.234 e. The fraction of sp³-hybridized carbons (Fsp3) is 0.846. The zero-order chi connectivity index (χ0) is 14.1. The third-order valence-corrected chi connectivity index (χ3v) is 3.26. The van der Waals surface area contributed by atoms with Crippen LogP contribution in [-0.2, 0) is 9.59 Å². The van der Waals surface area contributed by atoms with Gasteiger partial charge in [0.05, 0.1) is 6.54 Å². The number of carbonyl (C=O) groups excluding carboxylic acids is 2. The molecule has 6 heteroatoms. The van der Waals surface area contributed by atoms with Crippen molar-refractivity contribution in [2.45, 2.75) is 26.2 Å². The molecule has 0 bridgehead atoms. The summed E-state index contributed by atoms with van der Waals surface area (Å²) in [6, 6.07) is 0. The van der Waals surface area contributed by atoms with Crippen molar-refractivity contribution in [3.63, 3.8) is 0 Å². The molecule has 1 saturated heterocycles. The molecule has 1 fully saturated rings. The van der Waals surface area contributed by atoms with Gasteiger partial charge < -0.3 is 16.0 Å². The van der Waals surface area contributed by atoms with Crippen molar-refractivity contribution in [3.8, 4) is 0 Å². The molecule has 0 unspecified atom stereocenters. The summed E-state index contributed by atoms with van der Waals surface area (Å²) < 4.78 is 0. The van der Waals surface area contributed by atoms with E-state index in [2.05, 4.69) is 10.2 Å². The number of hydrogen-bond acceptors (Lipinski definition) is 4. The summed E-state index contributed by atoms with van der Waals surface area (Å²) in [5.41, 5.74) is 5.40. The number of rotatable bonds is 7. The molecule has 0 saturated carbocycles. The molecule has 0 atom stereocenters. The van der Waals surface area contributed by atoms with Crippen LogP contribution < -0.4 is 11.1 Å². The van der Waals surface area contributed by atoms with E-state index in [9.17, 15) is 9.59 Å². The molecule has 2 amide bonds. The molecule has 1 aliphatic heterocycles. The minimum Gasteiger partial charge on any atom is -0.355 e. The molecule has 3 N–H and O–H groups in total. The van der Waals surface area contributed by atoms with Crippen molar-refractivity contribution in [2.75, 3.05) is 45.8 Å². The SMILES string of the molecule is CCCNC(=O)CN1CCN(C(=O)CCCN)CC1. The van der Waals surface area contributed by atoms with Crippen LogP contribution in [0, 0.1) is 0 Å². The molecule has 110 valence electrons. The van der Waals surface area contributed by atoms with Gasteiger partial charge >= 0.3 is 0 Å². The van der Waals surface area contributed by atoms with Gasteiger partial charge in [0.25, 0.3) is 0 Å². The largest absolute Gasteiger partial charge is 0.355 e. The van der Waals surface area contributed by atoms with E-state index < -0.39 is 0 Å². The minimum absolute atomic E-state index is 0.0739. The summed E-state index contributed by atoms with van der Waals surface area (Å²) in [6.07, 6.45) is 2.24. The predicted octanol–water partition coefficient (Wildman–Crippen LogP) is -0.604. The number of nitrogens with two attached hydrogens (primary N) is 1. The fourth-order valence-electron chi connectivity index (χ4n) is 2.09. The third-order valence-electron chi connectivity index (χ3n) is 3.26. The lowest BCUT2D eigenvalue weighted by Crippen LogP contribution is -2.51. The van der Waals surface area contributed by atoms with Gasteiger partial charge in [-0.05, 0) is 19.4 Å². The monoisotopic (exact) mass is 270 g/mol. The molecule has 1 heterocycles. The van der Waals surface area contributed by atoms with E-state index >= 15 is 0 Å². The van der Waals surface area contributed by atoms with E-state index in [0.717, 1.165) is 32.5 Å². The molecule has 0 aromatic heterocycles. The van der Waals surface area contributed by atoms with E-state index in [0.29, 0.717) is 32.6 Å². The first kappa shape index (κ1) is 15.9. The van der Waals surface area contributed by atoms with E-state index in [1.807, 2.05) is 11.8 Å². The maximum absolute atomic E-state index is 11.8. The van der Waals surface area contributed by atoms with Crippen LogP contribution in [0.2, 0.25) is 0 Å². The highest BCUT2D eigenvalue weighted by Gasteiger charge is 2.21. The van der Waals surface area contributed by atoms with Gasteiger partial charge in [-0.2, -0.15) is 0 Å². The summed E-state index contributed by atoms with van der Waals surface area (Å²) >= 11 is 0. The zero-order valence-electron chi connectivity index (χ0n) is 11.9. The highest BCUT2D eigenvalue weighted by molar-refractivity contribution is 5.78. The molecule has 0 aromatic rings. The van der Waals surface area contributed by atoms with Crippen LogP contribution in [0.3, 0.4) is 0 Å². The maximum Gasteiger partial charge on any atom is 0.234 e. The van der Waals surface area contributed by atoms with E-state index in [1.54, 1.807) is 0 Å². The number of nitrogens with one attached hydrogen (secondary N) is 1. The molecular formula is C13H26N4O2. The van der Waals surface area contributed by atoms with Crippen molar-refractivity contribution >= 4 is 11.8 Å². The number of amides is 2. The first-order chi connectivity index (χ1) is 9.17. The normalized spacial score (nSPS) is 16.4. The molecule has 6 nitrogen and oxygen atoms in total. The van der Waals surface area contributed by atoms with Gasteiger partial charge in [0.1, 0.15) is 0 Å². The third kappa shape index (κ3) is 6.02. The van der Waals surface area contributed by atoms with Crippen molar-refractivity contribution in [3.05, 3.63) is 0 Å². The van der Waals surface area contributed by atoms with Gasteiger partial charge in [-0.25, -0.2) is 0 Å². The predicted molar refractivity (Wildman–Crippen MR) is 74.6 cm³/mol. The van der Waals surface area contributed by atoms with Crippen molar-refractivity contribution in [1.29, 1.82) is 0 Å². The van der Waals surface area contributed by atoms with Gasteiger partial charge in [0.2, 0.25) is 11.8 Å². The highest BCUT2D eigenvalue weighted by Crippen LogP contribution is 2.04. The molecule has 1 aliphatic rings. The Balaban J connectivity index is 2.21. The van der Waals surface area contributed by atoms with Gasteiger partial charge in [0, 0.05) is 39.1 Å². The molecule has 0 aromatic carbocycles. The first-order valence-electron chi connectivity index (χ1n) is 7.14. The van der Waals surface area contributed by atoms with Gasteiger partial charge in [-0.1, -0.05) is 6.92 Å². The highest BCUT2D eigenvalue weighted by atomic mass is 16.2. The van der Waals surface area contributed by atoms with E-state index in [4.69, 9.17) is 5.73 Å². The fourth-order valence-corrected chi connectivity index (χ4v) is 2.09. The zero-order valence-corrected chi connectivity index (χ0v) is 11.9. The Morgan fingerprint density at radius 1 is 1.21 bits per heavy atom. The summed E-state index contributed by atoms with van der Waals surface area (Å²) in [6.45, 7) is 6.73. The Hall–Kier alpha value is -1.14. The van der Waals surface area contributed by atoms with Gasteiger partial charge in [-0.15, -0.1) is 0 Å². The summed E-state index contributed by atoms with van der Waals surface area (Å²) in [5, 5.41) is 2.87. The van der Waals surface area contributed by atoms with Gasteiger partial charge in [0.15, 0.2) is 0 Å². The van der Waals surface area contributed by atoms with E-state index in [-0.39, 0.29) is 11.8 Å². The Bertz CT molecular complexity index is 288. The second kappa shape index (κ2) is 8.87. The summed E-state index contributed by atoms with van der Waals surface area (Å²) in [4.78, 5) is 27.3. The average molecular weight is 270 g/mol. The molecule has 0 aliphatic carbocycles.